The number of non-ortho nitro benzene ring substituents is 1. The Bertz CT molecular complexity index is 878. The van der Waals surface area contributed by atoms with Crippen LogP contribution in [0.4, 0.5) is 5.69 Å². The van der Waals surface area contributed by atoms with Crippen LogP contribution in [0.2, 0.25) is 0 Å². The van der Waals surface area contributed by atoms with Gasteiger partial charge in [-0.1, -0.05) is 19.1 Å². The molecule has 10 heteroatoms. The second-order valence-electron chi connectivity index (χ2n) is 7.27. The zero-order valence-electron chi connectivity index (χ0n) is 17.7. The van der Waals surface area contributed by atoms with E-state index < -0.39 is 4.92 Å². The Kier molecular flexibility index (Phi) is 9.28. The lowest BCUT2D eigenvalue weighted by molar-refractivity contribution is -0.384. The van der Waals surface area contributed by atoms with Gasteiger partial charge in [-0.15, -0.1) is 24.0 Å². The molecule has 0 bridgehead atoms. The van der Waals surface area contributed by atoms with Crippen molar-refractivity contribution in [2.24, 2.45) is 4.99 Å². The minimum atomic E-state index is -0.410. The van der Waals surface area contributed by atoms with E-state index >= 15 is 0 Å². The number of halogens is 1. The van der Waals surface area contributed by atoms with Gasteiger partial charge in [0.25, 0.3) is 11.6 Å². The van der Waals surface area contributed by atoms with Crippen molar-refractivity contribution in [3.63, 3.8) is 0 Å². The highest BCUT2D eigenvalue weighted by molar-refractivity contribution is 14.0. The molecule has 0 saturated carbocycles. The number of furan rings is 1. The third-order valence-corrected chi connectivity index (χ3v) is 5.14. The van der Waals surface area contributed by atoms with Gasteiger partial charge < -0.3 is 19.5 Å². The van der Waals surface area contributed by atoms with E-state index in [4.69, 9.17) is 9.41 Å². The topological polar surface area (TPSA) is 104 Å². The van der Waals surface area contributed by atoms with Gasteiger partial charge in [0.2, 0.25) is 0 Å². The quantitative estimate of drug-likeness (QED) is 0.197. The zero-order valence-corrected chi connectivity index (χ0v) is 20.0. The molecule has 9 nitrogen and oxygen atoms in total. The van der Waals surface area contributed by atoms with Crippen LogP contribution in [0.1, 0.15) is 36.4 Å². The Hall–Kier alpha value is -2.63. The lowest BCUT2D eigenvalue weighted by atomic mass is 10.2. The number of hydrogen-bond donors (Lipinski definition) is 1. The van der Waals surface area contributed by atoms with E-state index in [-0.39, 0.29) is 41.6 Å². The van der Waals surface area contributed by atoms with Gasteiger partial charge in [-0.2, -0.15) is 0 Å². The number of nitro groups is 1. The molecule has 31 heavy (non-hydrogen) atoms. The maximum Gasteiger partial charge on any atom is 0.289 e. The highest BCUT2D eigenvalue weighted by atomic mass is 127. The Morgan fingerprint density at radius 3 is 2.39 bits per heavy atom. The minimum Gasteiger partial charge on any atom is -0.459 e. The highest BCUT2D eigenvalue weighted by Crippen LogP contribution is 2.14. The molecule has 1 fully saturated rings. The van der Waals surface area contributed by atoms with Crippen LogP contribution in [-0.4, -0.2) is 58.8 Å². The zero-order chi connectivity index (χ0) is 21.5. The number of benzene rings is 1. The maximum absolute atomic E-state index is 12.5. The van der Waals surface area contributed by atoms with Crippen LogP contribution in [0.15, 0.2) is 52.1 Å². The molecule has 0 aliphatic carbocycles. The predicted molar refractivity (Wildman–Crippen MR) is 129 cm³/mol. The number of amides is 1. The first-order valence-electron chi connectivity index (χ1n) is 10.1. The molecule has 1 aromatic heterocycles. The molecule has 1 saturated heterocycles. The van der Waals surface area contributed by atoms with Gasteiger partial charge in [0.1, 0.15) is 0 Å². The highest BCUT2D eigenvalue weighted by Gasteiger charge is 2.25. The largest absolute Gasteiger partial charge is 0.459 e. The first-order chi connectivity index (χ1) is 14.5. The van der Waals surface area contributed by atoms with Crippen molar-refractivity contribution in [2.75, 3.05) is 26.2 Å². The molecule has 168 valence electrons. The number of nitrogens with one attached hydrogen (secondary N) is 1. The average molecular weight is 541 g/mol. The van der Waals surface area contributed by atoms with Crippen LogP contribution >= 0.6 is 24.0 Å². The van der Waals surface area contributed by atoms with Crippen LogP contribution in [0.25, 0.3) is 0 Å². The molecule has 1 aliphatic heterocycles. The summed E-state index contributed by atoms with van der Waals surface area (Å²) in [6.45, 7) is 7.10. The molecular weight excluding hydrogens is 513 g/mol. The number of carbonyl (C=O) groups is 1. The maximum atomic E-state index is 12.5. The molecule has 1 aromatic carbocycles. The van der Waals surface area contributed by atoms with Crippen molar-refractivity contribution in [1.82, 2.24) is 15.1 Å². The minimum absolute atomic E-state index is 0. The van der Waals surface area contributed by atoms with Crippen LogP contribution in [0, 0.1) is 10.1 Å². The third kappa shape index (κ3) is 6.68. The smallest absolute Gasteiger partial charge is 0.289 e. The molecule has 0 radical (unpaired) electrons. The van der Waals surface area contributed by atoms with Crippen molar-refractivity contribution in [1.29, 1.82) is 0 Å². The molecule has 0 spiro atoms. The van der Waals surface area contributed by atoms with Gasteiger partial charge >= 0.3 is 0 Å². The van der Waals surface area contributed by atoms with Crippen LogP contribution < -0.4 is 5.32 Å². The molecule has 3 rings (SSSR count). The predicted octanol–water partition coefficient (Wildman–Crippen LogP) is 3.51. The monoisotopic (exact) mass is 541 g/mol. The van der Waals surface area contributed by atoms with Crippen LogP contribution in [0.5, 0.6) is 0 Å². The lowest BCUT2D eigenvalue weighted by Crippen LogP contribution is -2.55. The van der Waals surface area contributed by atoms with Crippen molar-refractivity contribution in [3.8, 4) is 0 Å². The van der Waals surface area contributed by atoms with Crippen molar-refractivity contribution in [3.05, 3.63) is 64.1 Å². The molecule has 1 amide bonds. The summed E-state index contributed by atoms with van der Waals surface area (Å²) in [5.41, 5.74) is 0.966. The van der Waals surface area contributed by atoms with E-state index in [0.29, 0.717) is 38.5 Å². The first-order valence-corrected chi connectivity index (χ1v) is 10.1. The SMILES string of the molecule is CCC(C)NC(=NCc1ccc([N+](=O)[O-])cc1)N1CCN(C(=O)c2ccco2)CC1.I. The number of hydrogen-bond acceptors (Lipinski definition) is 5. The number of rotatable bonds is 6. The number of piperazine rings is 1. The molecule has 1 aliphatic rings. The Morgan fingerprint density at radius 1 is 1.19 bits per heavy atom. The van der Waals surface area contributed by atoms with Gasteiger partial charge in [-0.3, -0.25) is 14.9 Å². The van der Waals surface area contributed by atoms with E-state index in [2.05, 4.69) is 24.1 Å². The lowest BCUT2D eigenvalue weighted by Gasteiger charge is -2.37. The van der Waals surface area contributed by atoms with E-state index in [0.717, 1.165) is 17.9 Å². The van der Waals surface area contributed by atoms with Crippen LogP contribution in [0.3, 0.4) is 0 Å². The Balaban J connectivity index is 0.00000341. The molecular formula is C21H28IN5O4. The average Bonchev–Trinajstić information content (AvgIpc) is 3.31. The number of aliphatic imine (C=N–C) groups is 1. The normalized spacial score (nSPS) is 15.2. The van der Waals surface area contributed by atoms with Gasteiger partial charge in [0, 0.05) is 44.4 Å². The summed E-state index contributed by atoms with van der Waals surface area (Å²) >= 11 is 0. The molecule has 1 atom stereocenters. The Morgan fingerprint density at radius 2 is 1.84 bits per heavy atom. The number of nitrogens with zero attached hydrogens (tertiary/aromatic N) is 4. The summed E-state index contributed by atoms with van der Waals surface area (Å²) in [5.74, 6) is 1.04. The van der Waals surface area contributed by atoms with E-state index in [1.54, 1.807) is 29.2 Å². The summed E-state index contributed by atoms with van der Waals surface area (Å²) in [4.78, 5) is 31.5. The standard InChI is InChI=1S/C21H27N5O4.HI/c1-3-16(2)23-21(22-15-17-6-8-18(9-7-17)26(28)29)25-12-10-24(11-13-25)20(27)19-5-4-14-30-19;/h4-9,14,16H,3,10-13,15H2,1-2H3,(H,22,23);1H. The van der Waals surface area contributed by atoms with Crippen molar-refractivity contribution in [2.45, 2.75) is 32.9 Å². The summed E-state index contributed by atoms with van der Waals surface area (Å²) in [5, 5.41) is 14.3. The van der Waals surface area contributed by atoms with Gasteiger partial charge in [-0.05, 0) is 31.0 Å². The van der Waals surface area contributed by atoms with Gasteiger partial charge in [-0.25, -0.2) is 4.99 Å². The van der Waals surface area contributed by atoms with E-state index in [1.165, 1.54) is 18.4 Å². The summed E-state index contributed by atoms with van der Waals surface area (Å²) in [6.07, 6.45) is 2.45. The van der Waals surface area contributed by atoms with E-state index in [1.807, 2.05) is 0 Å². The van der Waals surface area contributed by atoms with Crippen molar-refractivity contribution < 1.29 is 14.1 Å². The fourth-order valence-electron chi connectivity index (χ4n) is 3.13. The molecule has 2 aromatic rings. The fourth-order valence-corrected chi connectivity index (χ4v) is 3.13. The second kappa shape index (κ2) is 11.7. The van der Waals surface area contributed by atoms with Crippen molar-refractivity contribution >= 4 is 41.5 Å². The van der Waals surface area contributed by atoms with E-state index in [9.17, 15) is 14.9 Å². The van der Waals surface area contributed by atoms with Gasteiger partial charge in [0.05, 0.1) is 17.7 Å². The fraction of sp³-hybridized carbons (Fsp3) is 0.429. The van der Waals surface area contributed by atoms with Gasteiger partial charge in [0.15, 0.2) is 11.7 Å². The second-order valence-corrected chi connectivity index (χ2v) is 7.27. The molecule has 1 unspecified atom stereocenters. The molecule has 2 heterocycles. The number of nitro benzene ring substituents is 1. The summed E-state index contributed by atoms with van der Waals surface area (Å²) < 4.78 is 5.22. The Labute approximate surface area is 198 Å². The van der Waals surface area contributed by atoms with Crippen LogP contribution in [-0.2, 0) is 6.54 Å². The number of guanidine groups is 1. The summed E-state index contributed by atoms with van der Waals surface area (Å²) in [7, 11) is 0. The molecule has 1 N–H and O–H groups in total. The summed E-state index contributed by atoms with van der Waals surface area (Å²) in [6, 6.07) is 10.1. The first kappa shape index (κ1) is 24.6. The third-order valence-electron chi connectivity index (χ3n) is 5.14. The number of carbonyl (C=O) groups excluding carboxylic acids is 1.